The number of benzene rings is 2. The first-order chi connectivity index (χ1) is 9.56. The molecule has 2 aromatic carbocycles. The van der Waals surface area contributed by atoms with Gasteiger partial charge in [0.15, 0.2) is 18.1 Å². The number of rotatable bonds is 5. The summed E-state index contributed by atoms with van der Waals surface area (Å²) < 4.78 is 5.38. The molecule has 0 fully saturated rings. The van der Waals surface area contributed by atoms with Crippen LogP contribution >= 0.6 is 0 Å². The normalized spacial score (nSPS) is 10.8. The number of hydrogen-bond donors (Lipinski definition) is 2. The van der Waals surface area contributed by atoms with Crippen LogP contribution in [0.4, 0.5) is 0 Å². The number of amides is 1. The van der Waals surface area contributed by atoms with E-state index < -0.39 is 0 Å². The van der Waals surface area contributed by atoms with Gasteiger partial charge in [-0.25, -0.2) is 0 Å². The van der Waals surface area contributed by atoms with E-state index in [9.17, 15) is 9.90 Å². The molecule has 0 aliphatic heterocycles. The Morgan fingerprint density at radius 2 is 1.90 bits per heavy atom. The molecule has 2 N–H and O–H groups in total. The number of ether oxygens (including phenoxy) is 1. The lowest BCUT2D eigenvalue weighted by Gasteiger charge is -2.11. The Kier molecular flexibility index (Phi) is 4.45. The van der Waals surface area contributed by atoms with Crippen LogP contribution in [0.15, 0.2) is 36.4 Å². The fourth-order valence-corrected chi connectivity index (χ4v) is 1.84. The number of nitrogens with one attached hydrogen (secondary N) is 1. The van der Waals surface area contributed by atoms with Crippen molar-refractivity contribution in [3.05, 3.63) is 36.4 Å². The molecule has 2 rings (SSSR count). The molecule has 20 heavy (non-hydrogen) atoms. The number of phenolic OH excluding ortho intramolecular Hbond substituents is 1. The van der Waals surface area contributed by atoms with Crippen LogP contribution in [0.2, 0.25) is 0 Å². The van der Waals surface area contributed by atoms with Gasteiger partial charge in [-0.3, -0.25) is 4.79 Å². The minimum atomic E-state index is -0.189. The maximum absolute atomic E-state index is 11.6. The highest BCUT2D eigenvalue weighted by molar-refractivity contribution is 5.86. The Morgan fingerprint density at radius 3 is 2.55 bits per heavy atom. The maximum Gasteiger partial charge on any atom is 0.257 e. The second kappa shape index (κ2) is 6.28. The monoisotopic (exact) mass is 273 g/mol. The van der Waals surface area contributed by atoms with Crippen LogP contribution in [-0.4, -0.2) is 24.2 Å². The molecule has 0 saturated heterocycles. The van der Waals surface area contributed by atoms with Crippen LogP contribution in [0.5, 0.6) is 11.5 Å². The highest BCUT2D eigenvalue weighted by Gasteiger charge is 2.08. The Balaban J connectivity index is 2.02. The van der Waals surface area contributed by atoms with Gasteiger partial charge >= 0.3 is 0 Å². The highest BCUT2D eigenvalue weighted by atomic mass is 16.5. The molecule has 0 aliphatic carbocycles. The Bertz CT molecular complexity index is 608. The second-order valence-electron chi connectivity index (χ2n) is 5.15. The first-order valence-electron chi connectivity index (χ1n) is 6.67. The van der Waals surface area contributed by atoms with Gasteiger partial charge in [-0.2, -0.15) is 0 Å². The third kappa shape index (κ3) is 3.63. The largest absolute Gasteiger partial charge is 0.504 e. The maximum atomic E-state index is 11.6. The SMILES string of the molecule is CC(C)CNC(=O)COc1cc2ccccc2cc1O. The van der Waals surface area contributed by atoms with Gasteiger partial charge in [0.1, 0.15) is 0 Å². The molecule has 0 spiro atoms. The van der Waals surface area contributed by atoms with E-state index in [0.717, 1.165) is 10.8 Å². The van der Waals surface area contributed by atoms with Crippen molar-refractivity contribution in [2.75, 3.05) is 13.2 Å². The molecule has 1 amide bonds. The van der Waals surface area contributed by atoms with E-state index in [1.165, 1.54) is 0 Å². The van der Waals surface area contributed by atoms with Gasteiger partial charge in [-0.05, 0) is 28.8 Å². The van der Waals surface area contributed by atoms with Crippen LogP contribution in [0, 0.1) is 5.92 Å². The minimum Gasteiger partial charge on any atom is -0.504 e. The average Bonchev–Trinajstić information content (AvgIpc) is 2.42. The lowest BCUT2D eigenvalue weighted by Crippen LogP contribution is -2.31. The van der Waals surface area contributed by atoms with Crippen LogP contribution in [0.25, 0.3) is 10.8 Å². The van der Waals surface area contributed by atoms with E-state index in [1.807, 2.05) is 38.1 Å². The summed E-state index contributed by atoms with van der Waals surface area (Å²) >= 11 is 0. The summed E-state index contributed by atoms with van der Waals surface area (Å²) in [5, 5.41) is 14.5. The van der Waals surface area contributed by atoms with Crippen LogP contribution in [0.1, 0.15) is 13.8 Å². The van der Waals surface area contributed by atoms with E-state index in [4.69, 9.17) is 4.74 Å². The summed E-state index contributed by atoms with van der Waals surface area (Å²) in [7, 11) is 0. The molecule has 0 heterocycles. The standard InChI is InChI=1S/C16H19NO3/c1-11(2)9-17-16(19)10-20-15-8-13-6-4-3-5-12(13)7-14(15)18/h3-8,11,18H,9-10H2,1-2H3,(H,17,19). The summed E-state index contributed by atoms with van der Waals surface area (Å²) in [6, 6.07) is 11.0. The van der Waals surface area contributed by atoms with Crippen molar-refractivity contribution >= 4 is 16.7 Å². The van der Waals surface area contributed by atoms with Crippen molar-refractivity contribution in [2.45, 2.75) is 13.8 Å². The smallest absolute Gasteiger partial charge is 0.257 e. The number of carbonyl (C=O) groups is 1. The molecule has 106 valence electrons. The van der Waals surface area contributed by atoms with Crippen molar-refractivity contribution in [3.63, 3.8) is 0 Å². The van der Waals surface area contributed by atoms with Crippen molar-refractivity contribution in [1.82, 2.24) is 5.32 Å². The minimum absolute atomic E-state index is 0.0420. The average molecular weight is 273 g/mol. The molecule has 0 saturated carbocycles. The zero-order valence-electron chi connectivity index (χ0n) is 11.7. The number of fused-ring (bicyclic) bond motifs is 1. The predicted molar refractivity (Wildman–Crippen MR) is 79.0 cm³/mol. The van der Waals surface area contributed by atoms with Gasteiger partial charge < -0.3 is 15.2 Å². The molecule has 0 radical (unpaired) electrons. The predicted octanol–water partition coefficient (Wildman–Crippen LogP) is 2.70. The molecule has 0 unspecified atom stereocenters. The Morgan fingerprint density at radius 1 is 1.25 bits per heavy atom. The molecular weight excluding hydrogens is 254 g/mol. The summed E-state index contributed by atoms with van der Waals surface area (Å²) in [5.41, 5.74) is 0. The van der Waals surface area contributed by atoms with Crippen molar-refractivity contribution in [2.24, 2.45) is 5.92 Å². The lowest BCUT2D eigenvalue weighted by molar-refractivity contribution is -0.123. The van der Waals surface area contributed by atoms with Crippen molar-refractivity contribution in [3.8, 4) is 11.5 Å². The number of hydrogen-bond acceptors (Lipinski definition) is 3. The zero-order valence-corrected chi connectivity index (χ0v) is 11.7. The van der Waals surface area contributed by atoms with E-state index in [1.54, 1.807) is 12.1 Å². The summed E-state index contributed by atoms with van der Waals surface area (Å²) in [4.78, 5) is 11.6. The van der Waals surface area contributed by atoms with E-state index in [2.05, 4.69) is 5.32 Å². The third-order valence-corrected chi connectivity index (χ3v) is 2.89. The zero-order chi connectivity index (χ0) is 14.5. The van der Waals surface area contributed by atoms with Crippen molar-refractivity contribution in [1.29, 1.82) is 0 Å². The Labute approximate surface area is 118 Å². The van der Waals surface area contributed by atoms with Gasteiger partial charge in [0, 0.05) is 6.54 Å². The molecular formula is C16H19NO3. The molecule has 0 bridgehead atoms. The quantitative estimate of drug-likeness (QED) is 0.880. The van der Waals surface area contributed by atoms with Crippen molar-refractivity contribution < 1.29 is 14.6 Å². The molecule has 4 heteroatoms. The van der Waals surface area contributed by atoms with Gasteiger partial charge in [0.2, 0.25) is 0 Å². The molecule has 0 atom stereocenters. The van der Waals surface area contributed by atoms with Gasteiger partial charge in [-0.15, -0.1) is 0 Å². The lowest BCUT2D eigenvalue weighted by atomic mass is 10.1. The highest BCUT2D eigenvalue weighted by Crippen LogP contribution is 2.31. The third-order valence-electron chi connectivity index (χ3n) is 2.89. The van der Waals surface area contributed by atoms with Gasteiger partial charge in [0.25, 0.3) is 5.91 Å². The molecule has 0 aromatic heterocycles. The number of aromatic hydroxyl groups is 1. The van der Waals surface area contributed by atoms with Crippen LogP contribution < -0.4 is 10.1 Å². The summed E-state index contributed by atoms with van der Waals surface area (Å²) in [6.07, 6.45) is 0. The number of phenols is 1. The van der Waals surface area contributed by atoms with E-state index in [0.29, 0.717) is 18.2 Å². The summed E-state index contributed by atoms with van der Waals surface area (Å²) in [5.74, 6) is 0.572. The van der Waals surface area contributed by atoms with Gasteiger partial charge in [0.05, 0.1) is 0 Å². The molecule has 2 aromatic rings. The topological polar surface area (TPSA) is 58.6 Å². The first-order valence-corrected chi connectivity index (χ1v) is 6.67. The first kappa shape index (κ1) is 14.2. The fourth-order valence-electron chi connectivity index (χ4n) is 1.84. The second-order valence-corrected chi connectivity index (χ2v) is 5.15. The molecule has 4 nitrogen and oxygen atoms in total. The Hall–Kier alpha value is -2.23. The van der Waals surface area contributed by atoms with Crippen LogP contribution in [0.3, 0.4) is 0 Å². The van der Waals surface area contributed by atoms with E-state index >= 15 is 0 Å². The van der Waals surface area contributed by atoms with Crippen LogP contribution in [-0.2, 0) is 4.79 Å². The van der Waals surface area contributed by atoms with E-state index in [-0.39, 0.29) is 18.3 Å². The number of carbonyl (C=O) groups excluding carboxylic acids is 1. The summed E-state index contributed by atoms with van der Waals surface area (Å²) in [6.45, 7) is 4.57. The fraction of sp³-hybridized carbons (Fsp3) is 0.312. The van der Waals surface area contributed by atoms with Gasteiger partial charge in [-0.1, -0.05) is 38.1 Å². The molecule has 0 aliphatic rings.